The van der Waals surface area contributed by atoms with Gasteiger partial charge in [-0.25, -0.2) is 17.2 Å². The molecule has 12 nitrogen and oxygen atoms in total. The van der Waals surface area contributed by atoms with Crippen molar-refractivity contribution in [1.29, 1.82) is 0 Å². The summed E-state index contributed by atoms with van der Waals surface area (Å²) in [5.41, 5.74) is -0.424. The van der Waals surface area contributed by atoms with Crippen LogP contribution >= 0.6 is 0 Å². The molecule has 0 aliphatic heterocycles. The predicted molar refractivity (Wildman–Crippen MR) is 173 cm³/mol. The van der Waals surface area contributed by atoms with Crippen LogP contribution < -0.4 is 18.9 Å². The third kappa shape index (κ3) is 7.97. The Morgan fingerprint density at radius 1 is 0.577 bits per heavy atom. The monoisotopic (exact) mass is 784 g/mol. The topological polar surface area (TPSA) is 180 Å². The van der Waals surface area contributed by atoms with Crippen molar-refractivity contribution in [3.8, 4) is 34.5 Å². The minimum Gasteiger partial charge on any atom is -0.495 e. The molecule has 0 saturated carbocycles. The molecule has 274 valence electrons. The molecule has 0 atom stereocenters. The van der Waals surface area contributed by atoms with Crippen LogP contribution in [0.2, 0.25) is 0 Å². The number of halogens is 4. The standard InChI is InChI=1S/C33H24F4O12S3/c1-18-3-5-19(6-4-18)48-20-7-10-22(11-8-20)50(38,39)23-12-14-26(28(16-23)52(43,44)45)47-17-24-29(34)31(36)33(32(37)30(24)35)49-21-9-13-25(46-2)27(15-21)51(40,41)42/h3-16H,17H2,1-2H3,(H,40,41,42)(H,43,44,45). The fourth-order valence-electron chi connectivity index (χ4n) is 4.60. The van der Waals surface area contributed by atoms with Crippen molar-refractivity contribution in [2.75, 3.05) is 7.11 Å². The Labute approximate surface area is 294 Å². The molecule has 0 saturated heterocycles. The average Bonchev–Trinajstić information content (AvgIpc) is 3.09. The van der Waals surface area contributed by atoms with Crippen molar-refractivity contribution in [3.63, 3.8) is 0 Å². The second-order valence-electron chi connectivity index (χ2n) is 10.7. The number of hydrogen-bond donors (Lipinski definition) is 2. The van der Waals surface area contributed by atoms with E-state index in [1.54, 1.807) is 12.1 Å². The number of sulfone groups is 1. The fourth-order valence-corrected chi connectivity index (χ4v) is 7.29. The molecular formula is C33H24F4O12S3. The van der Waals surface area contributed by atoms with Gasteiger partial charge >= 0.3 is 0 Å². The molecule has 0 aromatic heterocycles. The third-order valence-electron chi connectivity index (χ3n) is 7.21. The summed E-state index contributed by atoms with van der Waals surface area (Å²) in [7, 11) is -13.6. The van der Waals surface area contributed by atoms with E-state index < -0.39 is 103 Å². The molecule has 5 aromatic carbocycles. The highest BCUT2D eigenvalue weighted by Gasteiger charge is 2.30. The van der Waals surface area contributed by atoms with Crippen molar-refractivity contribution in [3.05, 3.63) is 119 Å². The van der Waals surface area contributed by atoms with Crippen LogP contribution in [0.3, 0.4) is 0 Å². The minimum atomic E-state index is -5.28. The Morgan fingerprint density at radius 2 is 1.06 bits per heavy atom. The molecule has 19 heteroatoms. The Kier molecular flexibility index (Phi) is 10.6. The molecule has 0 aliphatic carbocycles. The number of rotatable bonds is 12. The molecule has 0 amide bonds. The average molecular weight is 785 g/mol. The molecular weight excluding hydrogens is 761 g/mol. The van der Waals surface area contributed by atoms with E-state index in [0.717, 1.165) is 36.9 Å². The number of methoxy groups -OCH3 is 1. The van der Waals surface area contributed by atoms with Gasteiger partial charge in [0.2, 0.25) is 27.2 Å². The Morgan fingerprint density at radius 3 is 1.60 bits per heavy atom. The zero-order valence-corrected chi connectivity index (χ0v) is 29.0. The van der Waals surface area contributed by atoms with E-state index in [1.165, 1.54) is 24.3 Å². The largest absolute Gasteiger partial charge is 0.495 e. The SMILES string of the molecule is COc1ccc(Oc2c(F)c(F)c(COc3ccc(S(=O)(=O)c4ccc(Oc5ccc(C)cc5)cc4)cc3S(=O)(=O)O)c(F)c2F)cc1S(=O)(=O)O. The van der Waals surface area contributed by atoms with E-state index in [-0.39, 0.29) is 10.6 Å². The minimum absolute atomic E-state index is 0.282. The number of hydrogen-bond acceptors (Lipinski definition) is 10. The number of aryl methyl sites for hydroxylation is 1. The van der Waals surface area contributed by atoms with Gasteiger partial charge in [0, 0.05) is 6.07 Å². The van der Waals surface area contributed by atoms with Gasteiger partial charge in [-0.3, -0.25) is 9.11 Å². The summed E-state index contributed by atoms with van der Waals surface area (Å²) < 4.78 is 174. The summed E-state index contributed by atoms with van der Waals surface area (Å²) in [6.07, 6.45) is 0. The lowest BCUT2D eigenvalue weighted by atomic mass is 10.1. The highest BCUT2D eigenvalue weighted by Crippen LogP contribution is 2.37. The maximum atomic E-state index is 15.1. The van der Waals surface area contributed by atoms with Crippen LogP contribution in [0.4, 0.5) is 17.6 Å². The highest BCUT2D eigenvalue weighted by atomic mass is 32.2. The molecule has 0 spiro atoms. The van der Waals surface area contributed by atoms with Crippen LogP contribution in [0.15, 0.2) is 105 Å². The maximum absolute atomic E-state index is 15.1. The van der Waals surface area contributed by atoms with Gasteiger partial charge in [-0.05, 0) is 73.7 Å². The summed E-state index contributed by atoms with van der Waals surface area (Å²) >= 11 is 0. The molecule has 0 fully saturated rings. The number of ether oxygens (including phenoxy) is 4. The van der Waals surface area contributed by atoms with Crippen molar-refractivity contribution < 1.29 is 70.9 Å². The smallest absolute Gasteiger partial charge is 0.298 e. The van der Waals surface area contributed by atoms with Crippen molar-refractivity contribution >= 4 is 30.1 Å². The van der Waals surface area contributed by atoms with Crippen LogP contribution in [-0.2, 0) is 36.7 Å². The molecule has 0 unspecified atom stereocenters. The Bertz CT molecular complexity index is 2480. The zero-order chi connectivity index (χ0) is 38.2. The van der Waals surface area contributed by atoms with Gasteiger partial charge in [-0.1, -0.05) is 17.7 Å². The van der Waals surface area contributed by atoms with Crippen molar-refractivity contribution in [2.45, 2.75) is 33.1 Å². The first kappa shape index (κ1) is 38.0. The molecule has 52 heavy (non-hydrogen) atoms. The van der Waals surface area contributed by atoms with Crippen molar-refractivity contribution in [2.24, 2.45) is 0 Å². The second kappa shape index (κ2) is 14.4. The summed E-state index contributed by atoms with van der Waals surface area (Å²) in [4.78, 5) is -3.01. The first-order valence-corrected chi connectivity index (χ1v) is 18.7. The summed E-state index contributed by atoms with van der Waals surface area (Å²) in [6.45, 7) is 0.493. The van der Waals surface area contributed by atoms with Crippen LogP contribution in [0.25, 0.3) is 0 Å². The zero-order valence-electron chi connectivity index (χ0n) is 26.5. The molecule has 2 N–H and O–H groups in total. The van der Waals surface area contributed by atoms with Gasteiger partial charge in [-0.2, -0.15) is 25.6 Å². The first-order chi connectivity index (χ1) is 24.3. The van der Waals surface area contributed by atoms with E-state index in [1.807, 2.05) is 19.1 Å². The summed E-state index contributed by atoms with van der Waals surface area (Å²) in [5.74, 6) is -11.2. The van der Waals surface area contributed by atoms with Crippen LogP contribution in [-0.4, -0.2) is 41.5 Å². The van der Waals surface area contributed by atoms with E-state index in [9.17, 15) is 43.1 Å². The van der Waals surface area contributed by atoms with Gasteiger partial charge in [0.1, 0.15) is 45.1 Å². The van der Waals surface area contributed by atoms with E-state index >= 15 is 8.78 Å². The molecule has 5 aromatic rings. The fraction of sp³-hybridized carbons (Fsp3) is 0.0909. The molecule has 0 aliphatic rings. The molecule has 0 radical (unpaired) electrons. The van der Waals surface area contributed by atoms with Gasteiger partial charge in [0.25, 0.3) is 20.2 Å². The Hall–Kier alpha value is -5.21. The summed E-state index contributed by atoms with van der Waals surface area (Å²) in [5, 5.41) is 0. The lowest BCUT2D eigenvalue weighted by Gasteiger charge is -2.16. The van der Waals surface area contributed by atoms with Gasteiger partial charge < -0.3 is 18.9 Å². The Balaban J connectivity index is 1.41. The predicted octanol–water partition coefficient (Wildman–Crippen LogP) is 7.05. The number of benzene rings is 5. The highest BCUT2D eigenvalue weighted by molar-refractivity contribution is 7.91. The molecule has 0 bridgehead atoms. The van der Waals surface area contributed by atoms with Crippen LogP contribution in [0.5, 0.6) is 34.5 Å². The quantitative estimate of drug-likeness (QED) is 0.0749. The van der Waals surface area contributed by atoms with Gasteiger partial charge in [0.05, 0.1) is 22.5 Å². The lowest BCUT2D eigenvalue weighted by molar-refractivity contribution is 0.273. The maximum Gasteiger partial charge on any atom is 0.298 e. The van der Waals surface area contributed by atoms with E-state index in [4.69, 9.17) is 18.9 Å². The molecule has 5 rings (SSSR count). The third-order valence-corrected chi connectivity index (χ3v) is 10.7. The lowest BCUT2D eigenvalue weighted by Crippen LogP contribution is -2.11. The van der Waals surface area contributed by atoms with E-state index in [0.29, 0.717) is 17.9 Å². The first-order valence-electron chi connectivity index (χ1n) is 14.3. The van der Waals surface area contributed by atoms with Gasteiger partial charge in [0.15, 0.2) is 11.6 Å². The molecule has 0 heterocycles. The summed E-state index contributed by atoms with van der Waals surface area (Å²) in [6, 6.07) is 16.6. The van der Waals surface area contributed by atoms with E-state index in [2.05, 4.69) is 0 Å². The normalized spacial score (nSPS) is 12.0. The second-order valence-corrected chi connectivity index (χ2v) is 15.4. The van der Waals surface area contributed by atoms with Gasteiger partial charge in [-0.15, -0.1) is 0 Å². The van der Waals surface area contributed by atoms with Crippen molar-refractivity contribution in [1.82, 2.24) is 0 Å². The van der Waals surface area contributed by atoms with Crippen LogP contribution in [0, 0.1) is 30.2 Å². The van der Waals surface area contributed by atoms with Crippen LogP contribution in [0.1, 0.15) is 11.1 Å².